The van der Waals surface area contributed by atoms with Crippen LogP contribution in [0.5, 0.6) is 0 Å². The average molecular weight is 321 g/mol. The molecule has 0 atom stereocenters. The largest absolute Gasteiger partial charge is 0.326 e. The Hall–Kier alpha value is -3.48. The summed E-state index contributed by atoms with van der Waals surface area (Å²) < 4.78 is 1.61. The van der Waals surface area contributed by atoms with Crippen LogP contribution in [0.15, 0.2) is 61.2 Å². The minimum absolute atomic E-state index is 0.165. The van der Waals surface area contributed by atoms with Gasteiger partial charge in [0.25, 0.3) is 5.91 Å². The van der Waals surface area contributed by atoms with Crippen LogP contribution in [-0.2, 0) is 4.79 Å². The van der Waals surface area contributed by atoms with Crippen LogP contribution in [0.1, 0.15) is 17.3 Å². The lowest BCUT2D eigenvalue weighted by molar-refractivity contribution is -0.114. The monoisotopic (exact) mass is 321 g/mol. The number of nitrogens with zero attached hydrogens (tertiary/aromatic N) is 3. The van der Waals surface area contributed by atoms with Gasteiger partial charge in [0, 0.05) is 23.9 Å². The summed E-state index contributed by atoms with van der Waals surface area (Å²) in [5, 5.41) is 9.51. The first-order valence-corrected chi connectivity index (χ1v) is 7.26. The van der Waals surface area contributed by atoms with Crippen molar-refractivity contribution in [1.82, 2.24) is 14.8 Å². The van der Waals surface area contributed by atoms with E-state index in [0.29, 0.717) is 16.9 Å². The molecule has 2 aromatic carbocycles. The van der Waals surface area contributed by atoms with Crippen molar-refractivity contribution in [2.24, 2.45) is 0 Å². The number of nitrogens with one attached hydrogen (secondary N) is 2. The topological polar surface area (TPSA) is 88.9 Å². The van der Waals surface area contributed by atoms with Crippen molar-refractivity contribution in [2.75, 3.05) is 10.6 Å². The van der Waals surface area contributed by atoms with E-state index in [2.05, 4.69) is 20.7 Å². The fourth-order valence-electron chi connectivity index (χ4n) is 2.19. The summed E-state index contributed by atoms with van der Waals surface area (Å²) in [5.41, 5.74) is 2.56. The van der Waals surface area contributed by atoms with E-state index in [1.54, 1.807) is 59.5 Å². The minimum Gasteiger partial charge on any atom is -0.326 e. The highest BCUT2D eigenvalue weighted by molar-refractivity contribution is 6.04. The van der Waals surface area contributed by atoms with Crippen molar-refractivity contribution >= 4 is 23.2 Å². The van der Waals surface area contributed by atoms with E-state index in [1.807, 2.05) is 0 Å². The maximum absolute atomic E-state index is 12.3. The van der Waals surface area contributed by atoms with E-state index in [-0.39, 0.29) is 11.8 Å². The molecule has 1 heterocycles. The van der Waals surface area contributed by atoms with E-state index < -0.39 is 0 Å². The molecule has 0 aliphatic rings. The normalized spacial score (nSPS) is 10.2. The second-order valence-electron chi connectivity index (χ2n) is 5.10. The van der Waals surface area contributed by atoms with Crippen molar-refractivity contribution in [3.05, 3.63) is 66.7 Å². The Morgan fingerprint density at radius 3 is 2.33 bits per heavy atom. The van der Waals surface area contributed by atoms with Crippen LogP contribution in [0.25, 0.3) is 5.69 Å². The molecule has 3 rings (SSSR count). The van der Waals surface area contributed by atoms with E-state index in [1.165, 1.54) is 13.3 Å². The van der Waals surface area contributed by atoms with Gasteiger partial charge in [-0.1, -0.05) is 6.07 Å². The van der Waals surface area contributed by atoms with Gasteiger partial charge in [-0.3, -0.25) is 9.59 Å². The molecule has 0 saturated heterocycles. The number of hydrogen-bond acceptors (Lipinski definition) is 4. The Bertz CT molecular complexity index is 857. The van der Waals surface area contributed by atoms with Crippen molar-refractivity contribution < 1.29 is 9.59 Å². The minimum atomic E-state index is -0.236. The van der Waals surface area contributed by atoms with Gasteiger partial charge in [-0.15, -0.1) is 0 Å². The highest BCUT2D eigenvalue weighted by Crippen LogP contribution is 2.16. The Morgan fingerprint density at radius 2 is 1.71 bits per heavy atom. The third-order valence-corrected chi connectivity index (χ3v) is 3.25. The molecular formula is C17H15N5O2. The summed E-state index contributed by atoms with van der Waals surface area (Å²) in [7, 11) is 0. The van der Waals surface area contributed by atoms with Gasteiger partial charge in [0.2, 0.25) is 5.91 Å². The van der Waals surface area contributed by atoms with Crippen LogP contribution in [0.4, 0.5) is 11.4 Å². The number of hydrogen-bond donors (Lipinski definition) is 2. The highest BCUT2D eigenvalue weighted by Gasteiger charge is 2.07. The second-order valence-corrected chi connectivity index (χ2v) is 5.10. The predicted octanol–water partition coefficient (Wildman–Crippen LogP) is 2.48. The zero-order valence-electron chi connectivity index (χ0n) is 12.9. The summed E-state index contributed by atoms with van der Waals surface area (Å²) in [6.45, 7) is 1.43. The Balaban J connectivity index is 1.72. The highest BCUT2D eigenvalue weighted by atomic mass is 16.2. The number of aromatic nitrogens is 3. The molecule has 24 heavy (non-hydrogen) atoms. The number of amides is 2. The second kappa shape index (κ2) is 6.74. The third kappa shape index (κ3) is 3.64. The van der Waals surface area contributed by atoms with Crippen LogP contribution in [0.2, 0.25) is 0 Å². The van der Waals surface area contributed by atoms with Crippen molar-refractivity contribution in [3.63, 3.8) is 0 Å². The van der Waals surface area contributed by atoms with E-state index >= 15 is 0 Å². The first-order chi connectivity index (χ1) is 11.6. The SMILES string of the molecule is CC(=O)Nc1cccc(NC(=O)c2ccc(-n3cncn3)cc2)c1. The molecule has 1 aromatic heterocycles. The zero-order chi connectivity index (χ0) is 16.9. The number of rotatable bonds is 4. The molecule has 7 nitrogen and oxygen atoms in total. The molecule has 0 bridgehead atoms. The van der Waals surface area contributed by atoms with E-state index in [0.717, 1.165) is 5.69 Å². The molecule has 2 amide bonds. The van der Waals surface area contributed by atoms with Crippen LogP contribution >= 0.6 is 0 Å². The fraction of sp³-hybridized carbons (Fsp3) is 0.0588. The molecule has 0 spiro atoms. The molecule has 0 saturated carbocycles. The quantitative estimate of drug-likeness (QED) is 0.772. The Labute approximate surface area is 138 Å². The number of benzene rings is 2. The van der Waals surface area contributed by atoms with Gasteiger partial charge in [-0.2, -0.15) is 5.10 Å². The molecule has 2 N–H and O–H groups in total. The third-order valence-electron chi connectivity index (χ3n) is 3.25. The van der Waals surface area contributed by atoms with Crippen LogP contribution < -0.4 is 10.6 Å². The Kier molecular flexibility index (Phi) is 4.33. The molecule has 7 heteroatoms. The molecule has 0 aliphatic heterocycles. The Morgan fingerprint density at radius 1 is 1.00 bits per heavy atom. The van der Waals surface area contributed by atoms with Gasteiger partial charge >= 0.3 is 0 Å². The van der Waals surface area contributed by atoms with Crippen molar-refractivity contribution in [1.29, 1.82) is 0 Å². The lowest BCUT2D eigenvalue weighted by Gasteiger charge is -2.08. The fourth-order valence-corrected chi connectivity index (χ4v) is 2.19. The van der Waals surface area contributed by atoms with Crippen molar-refractivity contribution in [2.45, 2.75) is 6.92 Å². The van der Waals surface area contributed by atoms with Gasteiger partial charge < -0.3 is 10.6 Å². The summed E-state index contributed by atoms with van der Waals surface area (Å²) in [5.74, 6) is -0.401. The van der Waals surface area contributed by atoms with Crippen molar-refractivity contribution in [3.8, 4) is 5.69 Å². The van der Waals surface area contributed by atoms with Crippen LogP contribution in [0.3, 0.4) is 0 Å². The summed E-state index contributed by atoms with van der Waals surface area (Å²) in [6, 6.07) is 14.0. The molecule has 0 unspecified atom stereocenters. The number of carbonyl (C=O) groups is 2. The molecule has 120 valence electrons. The van der Waals surface area contributed by atoms with Gasteiger partial charge in [-0.25, -0.2) is 9.67 Å². The lowest BCUT2D eigenvalue weighted by atomic mass is 10.2. The summed E-state index contributed by atoms with van der Waals surface area (Å²) >= 11 is 0. The van der Waals surface area contributed by atoms with Crippen LogP contribution in [-0.4, -0.2) is 26.6 Å². The van der Waals surface area contributed by atoms with E-state index in [9.17, 15) is 9.59 Å². The van der Waals surface area contributed by atoms with E-state index in [4.69, 9.17) is 0 Å². The predicted molar refractivity (Wildman–Crippen MR) is 90.1 cm³/mol. The molecule has 0 fully saturated rings. The number of anilines is 2. The maximum atomic E-state index is 12.3. The zero-order valence-corrected chi connectivity index (χ0v) is 12.9. The maximum Gasteiger partial charge on any atom is 0.255 e. The van der Waals surface area contributed by atoms with Gasteiger partial charge in [0.15, 0.2) is 0 Å². The average Bonchev–Trinajstić information content (AvgIpc) is 3.09. The molecule has 0 aliphatic carbocycles. The standard InChI is InChI=1S/C17H15N5O2/c1-12(23)20-14-3-2-4-15(9-14)21-17(24)13-5-7-16(8-6-13)22-11-18-10-19-22/h2-11H,1H3,(H,20,23)(H,21,24). The molecule has 3 aromatic rings. The smallest absolute Gasteiger partial charge is 0.255 e. The van der Waals surface area contributed by atoms with Crippen LogP contribution in [0, 0.1) is 0 Å². The molecular weight excluding hydrogens is 306 g/mol. The summed E-state index contributed by atoms with van der Waals surface area (Å²) in [4.78, 5) is 27.3. The first kappa shape index (κ1) is 15.4. The van der Waals surface area contributed by atoms with Gasteiger partial charge in [0.1, 0.15) is 12.7 Å². The first-order valence-electron chi connectivity index (χ1n) is 7.26. The molecule has 0 radical (unpaired) electrons. The lowest BCUT2D eigenvalue weighted by Crippen LogP contribution is -2.12. The number of carbonyl (C=O) groups excluding carboxylic acids is 2. The summed E-state index contributed by atoms with van der Waals surface area (Å²) in [6.07, 6.45) is 3.03. The van der Waals surface area contributed by atoms with Gasteiger partial charge in [0.05, 0.1) is 5.69 Å². The van der Waals surface area contributed by atoms with Gasteiger partial charge in [-0.05, 0) is 42.5 Å².